The summed E-state index contributed by atoms with van der Waals surface area (Å²) >= 11 is 3.27. The first-order chi connectivity index (χ1) is 9.79. The fourth-order valence-electron chi connectivity index (χ4n) is 2.60. The summed E-state index contributed by atoms with van der Waals surface area (Å²) in [5.41, 5.74) is 1.15. The molecule has 20 heavy (non-hydrogen) atoms. The molecule has 0 amide bonds. The van der Waals surface area contributed by atoms with Gasteiger partial charge in [-0.25, -0.2) is 0 Å². The van der Waals surface area contributed by atoms with Crippen LogP contribution in [0.25, 0.3) is 0 Å². The zero-order chi connectivity index (χ0) is 13.8. The molecule has 108 valence electrons. The van der Waals surface area contributed by atoms with E-state index in [-0.39, 0.29) is 0 Å². The Bertz CT molecular complexity index is 470. The van der Waals surface area contributed by atoms with Crippen LogP contribution >= 0.6 is 22.7 Å². The highest BCUT2D eigenvalue weighted by Gasteiger charge is 2.32. The molecule has 1 N–H and O–H groups in total. The van der Waals surface area contributed by atoms with Crippen molar-refractivity contribution in [3.8, 4) is 0 Å². The molecule has 3 heterocycles. The van der Waals surface area contributed by atoms with Crippen molar-refractivity contribution >= 4 is 22.7 Å². The molecule has 0 bridgehead atoms. The van der Waals surface area contributed by atoms with E-state index in [1.807, 2.05) is 22.9 Å². The van der Waals surface area contributed by atoms with E-state index < -0.39 is 5.60 Å². The Balaban J connectivity index is 1.76. The SMILES string of the molecule is OC(CCN1CCOCC1)(c1ccsc1)c1ccsc1. The smallest absolute Gasteiger partial charge is 0.117 e. The van der Waals surface area contributed by atoms with Crippen LogP contribution < -0.4 is 0 Å². The van der Waals surface area contributed by atoms with E-state index in [1.165, 1.54) is 0 Å². The van der Waals surface area contributed by atoms with Crippen molar-refractivity contribution in [2.75, 3.05) is 32.8 Å². The van der Waals surface area contributed by atoms with Gasteiger partial charge in [-0.1, -0.05) is 0 Å². The van der Waals surface area contributed by atoms with Crippen molar-refractivity contribution in [3.63, 3.8) is 0 Å². The maximum atomic E-state index is 11.2. The third kappa shape index (κ3) is 2.97. The largest absolute Gasteiger partial charge is 0.380 e. The van der Waals surface area contributed by atoms with Gasteiger partial charge in [-0.15, -0.1) is 0 Å². The Morgan fingerprint density at radius 2 is 1.70 bits per heavy atom. The number of morpholine rings is 1. The van der Waals surface area contributed by atoms with Gasteiger partial charge in [-0.05, 0) is 51.2 Å². The average molecular weight is 309 g/mol. The highest BCUT2D eigenvalue weighted by atomic mass is 32.1. The van der Waals surface area contributed by atoms with Gasteiger partial charge >= 0.3 is 0 Å². The lowest BCUT2D eigenvalue weighted by atomic mass is 9.86. The highest BCUT2D eigenvalue weighted by molar-refractivity contribution is 7.08. The molecule has 1 fully saturated rings. The molecule has 0 aliphatic carbocycles. The number of hydrogen-bond acceptors (Lipinski definition) is 5. The summed E-state index contributed by atoms with van der Waals surface area (Å²) in [7, 11) is 0. The molecule has 0 radical (unpaired) electrons. The van der Waals surface area contributed by atoms with Crippen LogP contribution in [-0.4, -0.2) is 42.9 Å². The van der Waals surface area contributed by atoms with Crippen molar-refractivity contribution < 1.29 is 9.84 Å². The van der Waals surface area contributed by atoms with Crippen LogP contribution in [0.4, 0.5) is 0 Å². The topological polar surface area (TPSA) is 32.7 Å². The lowest BCUT2D eigenvalue weighted by Gasteiger charge is -2.32. The minimum Gasteiger partial charge on any atom is -0.380 e. The zero-order valence-corrected chi connectivity index (χ0v) is 13.0. The standard InChI is InChI=1S/C15H19NO2S2/c17-15(13-1-9-19-11-13,14-2-10-20-12-14)3-4-16-5-7-18-8-6-16/h1-2,9-12,17H,3-8H2. The van der Waals surface area contributed by atoms with Gasteiger partial charge in [0.05, 0.1) is 13.2 Å². The summed E-state index contributed by atoms with van der Waals surface area (Å²) in [5, 5.41) is 19.4. The number of thiophene rings is 2. The van der Waals surface area contributed by atoms with Gasteiger partial charge in [0.15, 0.2) is 0 Å². The normalized spacial score (nSPS) is 17.4. The van der Waals surface area contributed by atoms with E-state index in [4.69, 9.17) is 4.74 Å². The van der Waals surface area contributed by atoms with Crippen LogP contribution in [0.5, 0.6) is 0 Å². The van der Waals surface area contributed by atoms with Crippen LogP contribution in [-0.2, 0) is 10.3 Å². The van der Waals surface area contributed by atoms with Crippen molar-refractivity contribution in [2.45, 2.75) is 12.0 Å². The predicted octanol–water partition coefficient (Wildman–Crippen LogP) is 2.77. The van der Waals surface area contributed by atoms with Gasteiger partial charge in [-0.3, -0.25) is 4.90 Å². The molecule has 1 aliphatic heterocycles. The quantitative estimate of drug-likeness (QED) is 0.922. The lowest BCUT2D eigenvalue weighted by Crippen LogP contribution is -2.40. The van der Waals surface area contributed by atoms with Crippen molar-refractivity contribution in [1.82, 2.24) is 4.90 Å². The van der Waals surface area contributed by atoms with Gasteiger partial charge in [0.2, 0.25) is 0 Å². The van der Waals surface area contributed by atoms with E-state index in [0.29, 0.717) is 0 Å². The number of aliphatic hydroxyl groups is 1. The molecule has 0 atom stereocenters. The number of nitrogens with zero attached hydrogens (tertiary/aromatic N) is 1. The van der Waals surface area contributed by atoms with Crippen molar-refractivity contribution in [1.29, 1.82) is 0 Å². The van der Waals surface area contributed by atoms with E-state index in [9.17, 15) is 5.11 Å². The Morgan fingerprint density at radius 1 is 1.10 bits per heavy atom. The molecule has 3 rings (SSSR count). The molecule has 0 saturated carbocycles. The van der Waals surface area contributed by atoms with Gasteiger partial charge in [-0.2, -0.15) is 22.7 Å². The van der Waals surface area contributed by atoms with Crippen molar-refractivity contribution in [2.24, 2.45) is 0 Å². The molecule has 2 aromatic heterocycles. The summed E-state index contributed by atoms with van der Waals surface area (Å²) in [6.07, 6.45) is 0.723. The molecule has 1 saturated heterocycles. The van der Waals surface area contributed by atoms with Gasteiger partial charge in [0.25, 0.3) is 0 Å². The van der Waals surface area contributed by atoms with E-state index in [1.54, 1.807) is 22.7 Å². The number of rotatable bonds is 5. The number of hydrogen-bond donors (Lipinski definition) is 1. The van der Waals surface area contributed by atoms with Gasteiger partial charge in [0.1, 0.15) is 5.60 Å². The first-order valence-corrected chi connectivity index (χ1v) is 8.75. The van der Waals surface area contributed by atoms with E-state index >= 15 is 0 Å². The molecule has 5 heteroatoms. The van der Waals surface area contributed by atoms with Crippen LogP contribution in [0.15, 0.2) is 33.7 Å². The first-order valence-electron chi connectivity index (χ1n) is 6.87. The molecule has 0 aromatic carbocycles. The monoisotopic (exact) mass is 309 g/mol. The second kappa shape index (κ2) is 6.37. The maximum absolute atomic E-state index is 11.2. The second-order valence-electron chi connectivity index (χ2n) is 5.09. The Hall–Kier alpha value is -0.720. The van der Waals surface area contributed by atoms with Crippen molar-refractivity contribution in [3.05, 3.63) is 44.8 Å². The lowest BCUT2D eigenvalue weighted by molar-refractivity contribution is 0.0146. The average Bonchev–Trinajstić information content (AvgIpc) is 3.18. The second-order valence-corrected chi connectivity index (χ2v) is 6.65. The Labute approximate surface area is 127 Å². The van der Waals surface area contributed by atoms with E-state index in [2.05, 4.69) is 15.7 Å². The molecule has 1 aliphatic rings. The minimum atomic E-state index is -0.863. The Morgan fingerprint density at radius 3 is 2.20 bits per heavy atom. The maximum Gasteiger partial charge on any atom is 0.117 e. The third-order valence-corrected chi connectivity index (χ3v) is 5.26. The predicted molar refractivity (Wildman–Crippen MR) is 83.5 cm³/mol. The van der Waals surface area contributed by atoms with Gasteiger partial charge < -0.3 is 9.84 Å². The fraction of sp³-hybridized carbons (Fsp3) is 0.467. The summed E-state index contributed by atoms with van der Waals surface area (Å²) in [4.78, 5) is 2.37. The molecule has 2 aromatic rings. The molecule has 3 nitrogen and oxygen atoms in total. The summed E-state index contributed by atoms with van der Waals surface area (Å²) in [6, 6.07) is 4.06. The van der Waals surface area contributed by atoms with Gasteiger partial charge in [0, 0.05) is 19.6 Å². The fourth-order valence-corrected chi connectivity index (χ4v) is 4.05. The highest BCUT2D eigenvalue weighted by Crippen LogP contribution is 2.35. The minimum absolute atomic E-state index is 0.723. The summed E-state index contributed by atoms with van der Waals surface area (Å²) in [5.74, 6) is 0. The molecule has 0 unspecified atom stereocenters. The molecular formula is C15H19NO2S2. The zero-order valence-electron chi connectivity index (χ0n) is 11.3. The number of ether oxygens (including phenoxy) is 1. The first kappa shape index (κ1) is 14.2. The summed E-state index contributed by atoms with van der Waals surface area (Å²) < 4.78 is 5.38. The van der Waals surface area contributed by atoms with Crippen LogP contribution in [0.1, 0.15) is 17.5 Å². The van der Waals surface area contributed by atoms with E-state index in [0.717, 1.165) is 50.4 Å². The van der Waals surface area contributed by atoms with Crippen LogP contribution in [0.2, 0.25) is 0 Å². The van der Waals surface area contributed by atoms with Crippen LogP contribution in [0.3, 0.4) is 0 Å². The van der Waals surface area contributed by atoms with Crippen LogP contribution in [0, 0.1) is 0 Å². The molecular weight excluding hydrogens is 290 g/mol. The molecule has 0 spiro atoms. The summed E-state index contributed by atoms with van der Waals surface area (Å²) in [6.45, 7) is 4.42. The third-order valence-electron chi connectivity index (χ3n) is 3.89. The Kier molecular flexibility index (Phi) is 4.53.